The molecule has 64 valence electrons. The summed E-state index contributed by atoms with van der Waals surface area (Å²) >= 11 is 0. The van der Waals surface area contributed by atoms with Crippen LogP contribution in [0, 0.1) is 5.21 Å². The number of carbonyl (C=O) groups is 1. The minimum absolute atomic E-state index is 0.123. The number of aromatic amines is 1. The van der Waals surface area contributed by atoms with Gasteiger partial charge in [0.2, 0.25) is 5.91 Å². The molecule has 0 atom stereocenters. The van der Waals surface area contributed by atoms with E-state index < -0.39 is 0 Å². The maximum atomic E-state index is 11.0. The second-order valence-electron chi connectivity index (χ2n) is 2.62. The SMILES string of the molecule is O=C1CN([O-])Cc2cn[nH]c2N1. The molecule has 0 aliphatic carbocycles. The van der Waals surface area contributed by atoms with Crippen LogP contribution in [0.3, 0.4) is 0 Å². The van der Waals surface area contributed by atoms with Gasteiger partial charge in [-0.25, -0.2) is 0 Å². The molecule has 0 spiro atoms. The zero-order chi connectivity index (χ0) is 8.55. The molecule has 12 heavy (non-hydrogen) atoms. The Morgan fingerprint density at radius 1 is 1.58 bits per heavy atom. The number of nitrogens with one attached hydrogen (secondary N) is 2. The third-order valence-corrected chi connectivity index (χ3v) is 1.65. The fourth-order valence-corrected chi connectivity index (χ4v) is 1.12. The van der Waals surface area contributed by atoms with E-state index in [1.54, 1.807) is 0 Å². The maximum absolute atomic E-state index is 11.0. The van der Waals surface area contributed by atoms with Crippen molar-refractivity contribution in [2.45, 2.75) is 6.54 Å². The lowest BCUT2D eigenvalue weighted by Gasteiger charge is -2.23. The number of hydrogen-bond acceptors (Lipinski definition) is 4. The number of fused-ring (bicyclic) bond motifs is 1. The topological polar surface area (TPSA) is 84.1 Å². The highest BCUT2D eigenvalue weighted by molar-refractivity contribution is 5.92. The summed E-state index contributed by atoms with van der Waals surface area (Å²) in [6.45, 7) is 0.0765. The molecule has 6 heteroatoms. The minimum Gasteiger partial charge on any atom is -0.785 e. The molecular weight excluding hydrogens is 160 g/mol. The summed E-state index contributed by atoms with van der Waals surface area (Å²) in [5, 5.41) is 20.5. The Hall–Kier alpha value is -1.40. The van der Waals surface area contributed by atoms with Crippen molar-refractivity contribution in [1.82, 2.24) is 15.3 Å². The van der Waals surface area contributed by atoms with Crippen molar-refractivity contribution in [1.29, 1.82) is 0 Å². The van der Waals surface area contributed by atoms with Gasteiger partial charge in [-0.1, -0.05) is 0 Å². The third-order valence-electron chi connectivity index (χ3n) is 1.65. The van der Waals surface area contributed by atoms with Gasteiger partial charge in [-0.15, -0.1) is 0 Å². The highest BCUT2D eigenvalue weighted by Crippen LogP contribution is 2.15. The van der Waals surface area contributed by atoms with E-state index in [1.165, 1.54) is 6.20 Å². The molecule has 0 radical (unpaired) electrons. The van der Waals surface area contributed by atoms with E-state index in [2.05, 4.69) is 15.5 Å². The summed E-state index contributed by atoms with van der Waals surface area (Å²) in [5.74, 6) is 0.214. The van der Waals surface area contributed by atoms with Crippen molar-refractivity contribution in [2.75, 3.05) is 11.9 Å². The second-order valence-corrected chi connectivity index (χ2v) is 2.62. The van der Waals surface area contributed by atoms with Crippen LogP contribution < -0.4 is 5.32 Å². The monoisotopic (exact) mass is 167 g/mol. The molecular formula is C6H7N4O2-. The van der Waals surface area contributed by atoms with Gasteiger partial charge in [0, 0.05) is 12.1 Å². The van der Waals surface area contributed by atoms with Gasteiger partial charge in [0.05, 0.1) is 12.7 Å². The smallest absolute Gasteiger partial charge is 0.238 e. The molecule has 1 aliphatic heterocycles. The molecule has 2 N–H and O–H groups in total. The summed E-state index contributed by atoms with van der Waals surface area (Å²) in [5.41, 5.74) is 0.718. The van der Waals surface area contributed by atoms with Crippen molar-refractivity contribution in [3.8, 4) is 0 Å². The van der Waals surface area contributed by atoms with Gasteiger partial charge in [0.25, 0.3) is 0 Å². The number of H-pyrrole nitrogens is 1. The zero-order valence-corrected chi connectivity index (χ0v) is 6.20. The van der Waals surface area contributed by atoms with Crippen LogP contribution in [0.5, 0.6) is 0 Å². The van der Waals surface area contributed by atoms with Gasteiger partial charge in [0.15, 0.2) is 0 Å². The summed E-state index contributed by atoms with van der Waals surface area (Å²) in [6.07, 6.45) is 1.53. The molecule has 6 nitrogen and oxygen atoms in total. The molecule has 0 unspecified atom stereocenters. The molecule has 1 aromatic rings. The molecule has 0 bridgehead atoms. The van der Waals surface area contributed by atoms with Crippen LogP contribution in [-0.2, 0) is 11.3 Å². The lowest BCUT2D eigenvalue weighted by atomic mass is 10.3. The highest BCUT2D eigenvalue weighted by Gasteiger charge is 2.14. The minimum atomic E-state index is -0.312. The average Bonchev–Trinajstić information content (AvgIpc) is 2.31. The van der Waals surface area contributed by atoms with Gasteiger partial charge >= 0.3 is 0 Å². The fraction of sp³-hybridized carbons (Fsp3) is 0.333. The highest BCUT2D eigenvalue weighted by atomic mass is 16.5. The Balaban J connectivity index is 2.33. The third kappa shape index (κ3) is 1.17. The van der Waals surface area contributed by atoms with Crippen LogP contribution >= 0.6 is 0 Å². The van der Waals surface area contributed by atoms with E-state index in [0.717, 1.165) is 5.56 Å². The van der Waals surface area contributed by atoms with E-state index in [-0.39, 0.29) is 19.0 Å². The Morgan fingerprint density at radius 3 is 3.25 bits per heavy atom. The molecule has 0 saturated heterocycles. The number of aromatic nitrogens is 2. The largest absolute Gasteiger partial charge is 0.785 e. The molecule has 1 amide bonds. The first-order valence-electron chi connectivity index (χ1n) is 3.50. The van der Waals surface area contributed by atoms with E-state index in [9.17, 15) is 10.0 Å². The van der Waals surface area contributed by atoms with Crippen molar-refractivity contribution in [2.24, 2.45) is 0 Å². The normalized spacial score (nSPS) is 18.2. The summed E-state index contributed by atoms with van der Waals surface area (Å²) < 4.78 is 0. The van der Waals surface area contributed by atoms with Gasteiger partial charge in [0.1, 0.15) is 5.82 Å². The number of hydrogen-bond donors (Lipinski definition) is 2. The summed E-state index contributed by atoms with van der Waals surface area (Å²) in [4.78, 5) is 11.0. The number of amides is 1. The van der Waals surface area contributed by atoms with Crippen molar-refractivity contribution < 1.29 is 4.79 Å². The van der Waals surface area contributed by atoms with Gasteiger partial charge < -0.3 is 15.6 Å². The number of nitrogens with zero attached hydrogens (tertiary/aromatic N) is 2. The van der Waals surface area contributed by atoms with Crippen LogP contribution in [0.25, 0.3) is 0 Å². The van der Waals surface area contributed by atoms with Crippen LogP contribution in [0.15, 0.2) is 6.20 Å². The number of rotatable bonds is 0. The molecule has 0 saturated carbocycles. The van der Waals surface area contributed by atoms with Crippen LogP contribution in [-0.4, -0.2) is 27.7 Å². The zero-order valence-electron chi connectivity index (χ0n) is 6.20. The van der Waals surface area contributed by atoms with Crippen LogP contribution in [0.4, 0.5) is 5.82 Å². The van der Waals surface area contributed by atoms with Crippen molar-refractivity contribution in [3.63, 3.8) is 0 Å². The van der Waals surface area contributed by atoms with E-state index in [1.807, 2.05) is 0 Å². The Kier molecular flexibility index (Phi) is 1.56. The predicted octanol–water partition coefficient (Wildman–Crippen LogP) is -0.338. The fourth-order valence-electron chi connectivity index (χ4n) is 1.12. The Labute approximate surface area is 68.1 Å². The standard InChI is InChI=1S/C6H7N4O2/c11-5-3-10(12)2-4-1-7-9-6(4)8-5/h1H,2-3H2,(H2,7,8,9,11)/q-1. The molecule has 0 fully saturated rings. The first kappa shape index (κ1) is 7.26. The first-order chi connectivity index (χ1) is 5.75. The van der Waals surface area contributed by atoms with Gasteiger partial charge in [-0.3, -0.25) is 9.89 Å². The maximum Gasteiger partial charge on any atom is 0.238 e. The quantitative estimate of drug-likeness (QED) is 0.553. The second kappa shape index (κ2) is 2.58. The van der Waals surface area contributed by atoms with Gasteiger partial charge in [-0.05, 0) is 0 Å². The molecule has 1 aromatic heterocycles. The van der Waals surface area contributed by atoms with Crippen LogP contribution in [0.2, 0.25) is 0 Å². The molecule has 0 aromatic carbocycles. The molecule has 2 heterocycles. The lowest BCUT2D eigenvalue weighted by molar-refractivity contribution is -0.116. The number of carbonyl (C=O) groups excluding carboxylic acids is 1. The Morgan fingerprint density at radius 2 is 2.42 bits per heavy atom. The average molecular weight is 167 g/mol. The van der Waals surface area contributed by atoms with Crippen LogP contribution in [0.1, 0.15) is 5.56 Å². The molecule has 2 rings (SSSR count). The first-order valence-corrected chi connectivity index (χ1v) is 3.50. The number of hydroxylamine groups is 2. The van der Waals surface area contributed by atoms with Gasteiger partial charge in [-0.2, -0.15) is 5.10 Å². The lowest BCUT2D eigenvalue weighted by Crippen LogP contribution is -2.25. The van der Waals surface area contributed by atoms with E-state index >= 15 is 0 Å². The molecule has 1 aliphatic rings. The Bertz CT molecular complexity index is 308. The van der Waals surface area contributed by atoms with Crippen molar-refractivity contribution >= 4 is 11.7 Å². The summed E-state index contributed by atoms with van der Waals surface area (Å²) in [6, 6.07) is 0. The summed E-state index contributed by atoms with van der Waals surface area (Å²) in [7, 11) is 0. The van der Waals surface area contributed by atoms with Crippen molar-refractivity contribution in [3.05, 3.63) is 17.0 Å². The predicted molar refractivity (Wildman–Crippen MR) is 41.0 cm³/mol. The van der Waals surface area contributed by atoms with E-state index in [4.69, 9.17) is 0 Å². The van der Waals surface area contributed by atoms with E-state index in [0.29, 0.717) is 10.9 Å². The number of anilines is 1.